The van der Waals surface area contributed by atoms with Crippen LogP contribution in [-0.4, -0.2) is 36.6 Å². The van der Waals surface area contributed by atoms with Gasteiger partial charge in [-0.3, -0.25) is 9.69 Å². The molecule has 7 heteroatoms. The molecule has 0 bridgehead atoms. The zero-order chi connectivity index (χ0) is 25.0. The first-order chi connectivity index (χ1) is 16.8. The van der Waals surface area contributed by atoms with E-state index in [1.54, 1.807) is 0 Å². The minimum Gasteiger partial charge on any atom is -0.322 e. The number of pyridine rings is 1. The molecule has 2 heterocycles. The van der Waals surface area contributed by atoms with Crippen LogP contribution in [0.2, 0.25) is 0 Å². The van der Waals surface area contributed by atoms with Crippen LogP contribution in [0.1, 0.15) is 69.1 Å². The van der Waals surface area contributed by atoms with Crippen molar-refractivity contribution in [2.24, 2.45) is 0 Å². The van der Waals surface area contributed by atoms with Gasteiger partial charge >= 0.3 is 0 Å². The topological polar surface area (TPSA) is 79.7 Å². The number of nitrogens with one attached hydrogen (secondary N) is 1. The summed E-state index contributed by atoms with van der Waals surface area (Å²) >= 11 is 0. The van der Waals surface area contributed by atoms with Crippen molar-refractivity contribution in [2.75, 3.05) is 6.54 Å². The van der Waals surface area contributed by atoms with Crippen LogP contribution in [0.3, 0.4) is 0 Å². The van der Waals surface area contributed by atoms with Crippen molar-refractivity contribution in [1.29, 1.82) is 0 Å². The van der Waals surface area contributed by atoms with E-state index in [0.29, 0.717) is 6.54 Å². The van der Waals surface area contributed by atoms with Crippen molar-refractivity contribution in [1.82, 2.24) is 30.1 Å². The molecule has 0 aliphatic rings. The van der Waals surface area contributed by atoms with E-state index in [1.807, 2.05) is 28.9 Å². The maximum absolute atomic E-state index is 13.1. The lowest BCUT2D eigenvalue weighted by Crippen LogP contribution is -2.36. The van der Waals surface area contributed by atoms with Gasteiger partial charge in [0.25, 0.3) is 5.56 Å². The first-order valence-electron chi connectivity index (χ1n) is 12.5. The molecule has 35 heavy (non-hydrogen) atoms. The quantitative estimate of drug-likeness (QED) is 0.364. The summed E-state index contributed by atoms with van der Waals surface area (Å²) in [5, 5.41) is 13.9. The van der Waals surface area contributed by atoms with Gasteiger partial charge in [-0.1, -0.05) is 55.3 Å². The van der Waals surface area contributed by atoms with Gasteiger partial charge in [-0.05, 0) is 80.1 Å². The Morgan fingerprint density at radius 2 is 1.86 bits per heavy atom. The van der Waals surface area contributed by atoms with Gasteiger partial charge in [0.2, 0.25) is 0 Å². The number of aromatic nitrogens is 5. The van der Waals surface area contributed by atoms with E-state index >= 15 is 0 Å². The standard InChI is InChI=1S/C28H36N6O/c1-6-10-25(26-30-31-32-34(26)28(3,4)5)33(16-15-21-11-8-7-9-12-21)19-23-18-22-17-20(2)13-14-24(22)29-27(23)35/h7-9,11-14,17-18,25H,6,10,15-16,19H2,1-5H3,(H,29,35)/t25-/m0/s1. The molecule has 184 valence electrons. The summed E-state index contributed by atoms with van der Waals surface area (Å²) in [7, 11) is 0. The molecule has 4 rings (SSSR count). The van der Waals surface area contributed by atoms with Crippen LogP contribution >= 0.6 is 0 Å². The second kappa shape index (κ2) is 10.5. The number of aromatic amines is 1. The summed E-state index contributed by atoms with van der Waals surface area (Å²) in [5.74, 6) is 0.848. The summed E-state index contributed by atoms with van der Waals surface area (Å²) in [6.07, 6.45) is 2.76. The van der Waals surface area contributed by atoms with Gasteiger partial charge in [0.15, 0.2) is 5.82 Å². The average Bonchev–Trinajstić information content (AvgIpc) is 3.32. The van der Waals surface area contributed by atoms with Crippen molar-refractivity contribution in [3.8, 4) is 0 Å². The van der Waals surface area contributed by atoms with E-state index in [4.69, 9.17) is 0 Å². The monoisotopic (exact) mass is 472 g/mol. The number of nitrogens with zero attached hydrogens (tertiary/aromatic N) is 5. The Bertz CT molecular complexity index is 1320. The van der Waals surface area contributed by atoms with Crippen molar-refractivity contribution in [3.05, 3.63) is 87.5 Å². The smallest absolute Gasteiger partial charge is 0.252 e. The molecule has 7 nitrogen and oxygen atoms in total. The fourth-order valence-electron chi connectivity index (χ4n) is 4.60. The van der Waals surface area contributed by atoms with Crippen LogP contribution in [0.15, 0.2) is 59.4 Å². The Balaban J connectivity index is 1.74. The number of hydrogen-bond acceptors (Lipinski definition) is 5. The lowest BCUT2D eigenvalue weighted by molar-refractivity contribution is 0.158. The number of hydrogen-bond donors (Lipinski definition) is 1. The average molecular weight is 473 g/mol. The zero-order valence-corrected chi connectivity index (χ0v) is 21.5. The summed E-state index contributed by atoms with van der Waals surface area (Å²) in [6.45, 7) is 11.9. The molecule has 2 aromatic carbocycles. The molecule has 4 aromatic rings. The lowest BCUT2D eigenvalue weighted by atomic mass is 10.0. The second-order valence-electron chi connectivity index (χ2n) is 10.3. The summed E-state index contributed by atoms with van der Waals surface area (Å²) in [5.41, 5.74) is 3.77. The third kappa shape index (κ3) is 5.85. The van der Waals surface area contributed by atoms with Gasteiger partial charge in [-0.15, -0.1) is 5.10 Å². The first-order valence-corrected chi connectivity index (χ1v) is 12.5. The Kier molecular flexibility index (Phi) is 7.45. The number of fused-ring (bicyclic) bond motifs is 1. The fraction of sp³-hybridized carbons (Fsp3) is 0.429. The number of rotatable bonds is 9. The maximum atomic E-state index is 13.1. The Morgan fingerprint density at radius 1 is 1.09 bits per heavy atom. The number of tetrazole rings is 1. The van der Waals surface area contributed by atoms with Gasteiger partial charge in [-0.2, -0.15) is 0 Å². The molecule has 1 atom stereocenters. The summed E-state index contributed by atoms with van der Waals surface area (Å²) < 4.78 is 1.93. The van der Waals surface area contributed by atoms with Crippen molar-refractivity contribution in [2.45, 2.75) is 72.0 Å². The van der Waals surface area contributed by atoms with E-state index < -0.39 is 0 Å². The Hall–Kier alpha value is -3.32. The number of benzene rings is 2. The Morgan fingerprint density at radius 3 is 2.57 bits per heavy atom. The summed E-state index contributed by atoms with van der Waals surface area (Å²) in [6, 6.07) is 18.6. The minimum atomic E-state index is -0.242. The SMILES string of the molecule is CCC[C@@H](c1nnnn1C(C)(C)C)N(CCc1ccccc1)Cc1cc2cc(C)ccc2[nH]c1=O. The highest BCUT2D eigenvalue weighted by Gasteiger charge is 2.30. The normalized spacial score (nSPS) is 13.0. The highest BCUT2D eigenvalue weighted by atomic mass is 16.1. The molecule has 0 aliphatic heterocycles. The predicted octanol–water partition coefficient (Wildman–Crippen LogP) is 5.16. The van der Waals surface area contributed by atoms with Crippen molar-refractivity contribution in [3.63, 3.8) is 0 Å². The molecule has 0 aliphatic carbocycles. The predicted molar refractivity (Wildman–Crippen MR) is 140 cm³/mol. The maximum Gasteiger partial charge on any atom is 0.252 e. The summed E-state index contributed by atoms with van der Waals surface area (Å²) in [4.78, 5) is 18.5. The van der Waals surface area contributed by atoms with Crippen LogP contribution in [-0.2, 0) is 18.5 Å². The Labute approximate surface area is 207 Å². The van der Waals surface area contributed by atoms with E-state index in [1.165, 1.54) is 11.1 Å². The number of H-pyrrole nitrogens is 1. The van der Waals surface area contributed by atoms with E-state index in [9.17, 15) is 4.79 Å². The molecule has 1 N–H and O–H groups in total. The molecule has 0 fully saturated rings. The van der Waals surface area contributed by atoms with Crippen LogP contribution in [0.4, 0.5) is 0 Å². The van der Waals surface area contributed by atoms with Gasteiger partial charge in [-0.25, -0.2) is 4.68 Å². The molecule has 0 radical (unpaired) electrons. The highest BCUT2D eigenvalue weighted by molar-refractivity contribution is 5.79. The van der Waals surface area contributed by atoms with Crippen molar-refractivity contribution < 1.29 is 0 Å². The first kappa shape index (κ1) is 24.8. The molecular formula is C28H36N6O. The fourth-order valence-corrected chi connectivity index (χ4v) is 4.60. The van der Waals surface area contributed by atoms with Crippen LogP contribution < -0.4 is 5.56 Å². The van der Waals surface area contributed by atoms with E-state index in [-0.39, 0.29) is 17.1 Å². The molecule has 0 unspecified atom stereocenters. The molecule has 0 saturated heterocycles. The van der Waals surface area contributed by atoms with Gasteiger partial charge in [0.05, 0.1) is 11.6 Å². The third-order valence-electron chi connectivity index (χ3n) is 6.41. The van der Waals surface area contributed by atoms with E-state index in [0.717, 1.165) is 48.1 Å². The third-order valence-corrected chi connectivity index (χ3v) is 6.41. The number of aryl methyl sites for hydroxylation is 1. The molecular weight excluding hydrogens is 436 g/mol. The minimum absolute atomic E-state index is 0.00876. The van der Waals surface area contributed by atoms with Gasteiger partial charge in [0.1, 0.15) is 0 Å². The van der Waals surface area contributed by atoms with Crippen LogP contribution in [0, 0.1) is 6.92 Å². The molecule has 0 saturated carbocycles. The second-order valence-corrected chi connectivity index (χ2v) is 10.3. The molecule has 0 spiro atoms. The van der Waals surface area contributed by atoms with Crippen molar-refractivity contribution >= 4 is 10.9 Å². The lowest BCUT2D eigenvalue weighted by Gasteiger charge is -2.33. The molecule has 0 amide bonds. The van der Waals surface area contributed by atoms with Crippen LogP contribution in [0.5, 0.6) is 0 Å². The molecule has 2 aromatic heterocycles. The zero-order valence-electron chi connectivity index (χ0n) is 21.5. The van der Waals surface area contributed by atoms with Gasteiger partial charge < -0.3 is 4.98 Å². The van der Waals surface area contributed by atoms with Crippen LogP contribution in [0.25, 0.3) is 10.9 Å². The van der Waals surface area contributed by atoms with Gasteiger partial charge in [0, 0.05) is 24.2 Å². The van der Waals surface area contributed by atoms with E-state index in [2.05, 4.69) is 90.4 Å². The highest BCUT2D eigenvalue weighted by Crippen LogP contribution is 2.29. The largest absolute Gasteiger partial charge is 0.322 e.